The summed E-state index contributed by atoms with van der Waals surface area (Å²) < 4.78 is 45.2. The number of ether oxygens (including phenoxy) is 2. The number of aromatic nitrogens is 2. The average molecular weight is 505 g/mol. The molecule has 2 aromatic carbocycles. The Morgan fingerprint density at radius 1 is 1.08 bits per heavy atom. The molecule has 36 heavy (non-hydrogen) atoms. The van der Waals surface area contributed by atoms with Crippen LogP contribution in [0.2, 0.25) is 0 Å². The van der Waals surface area contributed by atoms with Crippen LogP contribution < -0.4 is 4.74 Å². The van der Waals surface area contributed by atoms with Crippen molar-refractivity contribution in [3.05, 3.63) is 58.9 Å². The molecule has 1 heterocycles. The average Bonchev–Trinajstić information content (AvgIpc) is 3.18. The lowest BCUT2D eigenvalue weighted by molar-refractivity contribution is -0.274. The Bertz CT molecular complexity index is 1140. The van der Waals surface area contributed by atoms with E-state index in [1.54, 1.807) is 12.1 Å². The Morgan fingerprint density at radius 3 is 2.31 bits per heavy atom. The molecule has 0 amide bonds. The number of nitrogens with one attached hydrogen (secondary N) is 1. The highest BCUT2D eigenvalue weighted by Gasteiger charge is 2.31. The molecule has 0 aliphatic heterocycles. The van der Waals surface area contributed by atoms with Gasteiger partial charge in [-0.15, -0.1) is 13.2 Å². The highest BCUT2D eigenvalue weighted by atomic mass is 19.4. The van der Waals surface area contributed by atoms with Crippen LogP contribution in [-0.4, -0.2) is 29.4 Å². The Kier molecular flexibility index (Phi) is 9.03. The molecule has 4 rings (SSSR count). The minimum Gasteiger partial charge on any atom is -0.469 e. The zero-order valence-electron chi connectivity index (χ0n) is 21.4. The Balaban J connectivity index is 0.000000383. The van der Waals surface area contributed by atoms with Gasteiger partial charge in [-0.2, -0.15) is 0 Å². The number of benzene rings is 2. The standard InChI is InChI=1S/C20H19F3N2O3.C8H16/c1-12-9-16-17(11-14(12)5-8-19(26)27-2)25-18(24-16)10-13-3-6-15(7-4-13)28-20(21,22)23;1-8(2)6-4-3-5-7-8/h3-4,6-7,9,11H,5,8,10H2,1-2H3,(H,24,25);3-7H2,1-2H3. The van der Waals surface area contributed by atoms with E-state index in [1.807, 2.05) is 19.1 Å². The summed E-state index contributed by atoms with van der Waals surface area (Å²) in [4.78, 5) is 19.1. The topological polar surface area (TPSA) is 64.2 Å². The number of halogens is 3. The number of nitrogens with zero attached hydrogens (tertiary/aromatic N) is 1. The molecular weight excluding hydrogens is 469 g/mol. The normalized spacial score (nSPS) is 15.2. The minimum atomic E-state index is -4.70. The SMILES string of the molecule is CC1(C)CCCCC1.COC(=O)CCc1cc2nc(Cc3ccc(OC(F)(F)F)cc3)[nH]c2cc1C. The van der Waals surface area contributed by atoms with Gasteiger partial charge in [-0.05, 0) is 72.6 Å². The van der Waals surface area contributed by atoms with Gasteiger partial charge in [0.2, 0.25) is 0 Å². The summed E-state index contributed by atoms with van der Waals surface area (Å²) in [6.07, 6.45) is 3.91. The highest BCUT2D eigenvalue weighted by Crippen LogP contribution is 2.34. The fraction of sp³-hybridized carbons (Fsp3) is 0.500. The van der Waals surface area contributed by atoms with Gasteiger partial charge in [0.05, 0.1) is 18.1 Å². The Labute approximate surface area is 210 Å². The minimum absolute atomic E-state index is 0.258. The number of rotatable bonds is 6. The van der Waals surface area contributed by atoms with Crippen molar-refractivity contribution in [3.8, 4) is 5.75 Å². The van der Waals surface area contributed by atoms with Crippen LogP contribution in [0.15, 0.2) is 36.4 Å². The van der Waals surface area contributed by atoms with Crippen LogP contribution in [0, 0.1) is 12.3 Å². The maximum Gasteiger partial charge on any atom is 0.573 e. The molecule has 1 fully saturated rings. The van der Waals surface area contributed by atoms with Crippen molar-refractivity contribution in [1.29, 1.82) is 0 Å². The quantitative estimate of drug-likeness (QED) is 0.354. The van der Waals surface area contributed by atoms with Crippen LogP contribution in [0.1, 0.15) is 74.9 Å². The van der Waals surface area contributed by atoms with Gasteiger partial charge in [0.15, 0.2) is 0 Å². The van der Waals surface area contributed by atoms with Crippen molar-refractivity contribution in [2.75, 3.05) is 7.11 Å². The second-order valence-electron chi connectivity index (χ2n) is 10.1. The molecule has 1 aromatic heterocycles. The fourth-order valence-electron chi connectivity index (χ4n) is 4.46. The molecule has 0 unspecified atom stereocenters. The number of carbonyl (C=O) groups is 1. The number of methoxy groups -OCH3 is 1. The van der Waals surface area contributed by atoms with Gasteiger partial charge in [0, 0.05) is 12.8 Å². The predicted molar refractivity (Wildman–Crippen MR) is 134 cm³/mol. The third-order valence-corrected chi connectivity index (χ3v) is 6.55. The maximum atomic E-state index is 12.2. The first-order valence-electron chi connectivity index (χ1n) is 12.3. The number of fused-ring (bicyclic) bond motifs is 1. The monoisotopic (exact) mass is 504 g/mol. The molecule has 1 aliphatic carbocycles. The van der Waals surface area contributed by atoms with Crippen LogP contribution in [-0.2, 0) is 22.4 Å². The number of esters is 1. The Morgan fingerprint density at radius 2 is 1.75 bits per heavy atom. The van der Waals surface area contributed by atoms with Crippen molar-refractivity contribution < 1.29 is 27.4 Å². The molecule has 0 saturated heterocycles. The summed E-state index contributed by atoms with van der Waals surface area (Å²) in [5, 5.41) is 0. The maximum absolute atomic E-state index is 12.2. The third kappa shape index (κ3) is 8.57. The van der Waals surface area contributed by atoms with E-state index in [2.05, 4.69) is 33.3 Å². The smallest absolute Gasteiger partial charge is 0.469 e. The number of imidazole rings is 1. The molecule has 196 valence electrons. The largest absolute Gasteiger partial charge is 0.573 e. The van der Waals surface area contributed by atoms with E-state index >= 15 is 0 Å². The molecule has 0 spiro atoms. The van der Waals surface area contributed by atoms with Crippen LogP contribution in [0.4, 0.5) is 13.2 Å². The second-order valence-corrected chi connectivity index (χ2v) is 10.1. The summed E-state index contributed by atoms with van der Waals surface area (Å²) in [6, 6.07) is 9.61. The molecular formula is C28H35F3N2O3. The number of hydrogen-bond donors (Lipinski definition) is 1. The van der Waals surface area contributed by atoms with Crippen LogP contribution in [0.3, 0.4) is 0 Å². The van der Waals surface area contributed by atoms with Crippen molar-refractivity contribution in [2.45, 2.75) is 78.5 Å². The molecule has 0 atom stereocenters. The molecule has 1 N–H and O–H groups in total. The van der Waals surface area contributed by atoms with E-state index < -0.39 is 6.36 Å². The number of H-pyrrole nitrogens is 1. The fourth-order valence-corrected chi connectivity index (χ4v) is 4.46. The van der Waals surface area contributed by atoms with E-state index in [4.69, 9.17) is 0 Å². The van der Waals surface area contributed by atoms with Gasteiger partial charge in [0.1, 0.15) is 11.6 Å². The highest BCUT2D eigenvalue weighted by molar-refractivity contribution is 5.77. The number of alkyl halides is 3. The van der Waals surface area contributed by atoms with E-state index in [-0.39, 0.29) is 11.7 Å². The van der Waals surface area contributed by atoms with Gasteiger partial charge in [-0.25, -0.2) is 4.98 Å². The summed E-state index contributed by atoms with van der Waals surface area (Å²) in [7, 11) is 1.36. The summed E-state index contributed by atoms with van der Waals surface area (Å²) in [5.74, 6) is 0.177. The summed E-state index contributed by atoms with van der Waals surface area (Å²) >= 11 is 0. The van der Waals surface area contributed by atoms with Gasteiger partial charge >= 0.3 is 12.3 Å². The second kappa shape index (κ2) is 11.8. The Hall–Kier alpha value is -3.03. The first-order chi connectivity index (χ1) is 16.9. The van der Waals surface area contributed by atoms with E-state index in [0.717, 1.165) is 27.7 Å². The van der Waals surface area contributed by atoms with Crippen LogP contribution in [0.5, 0.6) is 5.75 Å². The van der Waals surface area contributed by atoms with E-state index in [0.29, 0.717) is 30.5 Å². The van der Waals surface area contributed by atoms with Crippen LogP contribution in [0.25, 0.3) is 11.0 Å². The van der Waals surface area contributed by atoms with Crippen molar-refractivity contribution in [3.63, 3.8) is 0 Å². The number of carbonyl (C=O) groups excluding carboxylic acids is 1. The molecule has 5 nitrogen and oxygen atoms in total. The van der Waals surface area contributed by atoms with E-state index in [9.17, 15) is 18.0 Å². The van der Waals surface area contributed by atoms with Gasteiger partial charge in [-0.1, -0.05) is 45.2 Å². The van der Waals surface area contributed by atoms with Gasteiger partial charge in [0.25, 0.3) is 0 Å². The van der Waals surface area contributed by atoms with Crippen LogP contribution >= 0.6 is 0 Å². The predicted octanol–water partition coefficient (Wildman–Crippen LogP) is 7.44. The molecule has 1 saturated carbocycles. The summed E-state index contributed by atoms with van der Waals surface area (Å²) in [5.41, 5.74) is 5.18. The van der Waals surface area contributed by atoms with E-state index in [1.165, 1.54) is 51.3 Å². The zero-order valence-corrected chi connectivity index (χ0v) is 21.4. The van der Waals surface area contributed by atoms with Crippen molar-refractivity contribution >= 4 is 17.0 Å². The first-order valence-corrected chi connectivity index (χ1v) is 12.3. The molecule has 1 aliphatic rings. The van der Waals surface area contributed by atoms with Gasteiger partial charge < -0.3 is 14.5 Å². The lowest BCUT2D eigenvalue weighted by atomic mass is 9.78. The number of hydrogen-bond acceptors (Lipinski definition) is 4. The van der Waals surface area contributed by atoms with Crippen molar-refractivity contribution in [2.24, 2.45) is 5.41 Å². The summed E-state index contributed by atoms with van der Waals surface area (Å²) in [6.45, 7) is 6.73. The zero-order chi connectivity index (χ0) is 26.3. The third-order valence-electron chi connectivity index (χ3n) is 6.55. The lowest BCUT2D eigenvalue weighted by Gasteiger charge is -2.28. The molecule has 8 heteroatoms. The van der Waals surface area contributed by atoms with Crippen molar-refractivity contribution in [1.82, 2.24) is 9.97 Å². The first kappa shape index (κ1) is 27.6. The molecule has 0 bridgehead atoms. The number of aromatic amines is 1. The van der Waals surface area contributed by atoms with Gasteiger partial charge in [-0.3, -0.25) is 4.79 Å². The number of aryl methyl sites for hydroxylation is 2. The lowest BCUT2D eigenvalue weighted by Crippen LogP contribution is -2.17. The molecule has 3 aromatic rings. The molecule has 0 radical (unpaired) electrons.